The molecule has 0 amide bonds. The fourth-order valence-corrected chi connectivity index (χ4v) is 2.62. The number of rotatable bonds is 4. The molecule has 4 rings (SSSR count). The minimum Gasteiger partial charge on any atom is -0.497 e. The van der Waals surface area contributed by atoms with Gasteiger partial charge in [0, 0.05) is 24.1 Å². The number of aromatic nitrogens is 3. The molecule has 5 nitrogen and oxygen atoms in total. The van der Waals surface area contributed by atoms with Gasteiger partial charge in [-0.3, -0.25) is 9.38 Å². The first-order chi connectivity index (χ1) is 12.2. The van der Waals surface area contributed by atoms with E-state index in [-0.39, 0.29) is 5.82 Å². The van der Waals surface area contributed by atoms with Crippen LogP contribution in [-0.4, -0.2) is 21.5 Å². The van der Waals surface area contributed by atoms with Gasteiger partial charge in [-0.1, -0.05) is 6.07 Å². The van der Waals surface area contributed by atoms with Gasteiger partial charge in [-0.25, -0.2) is 9.37 Å². The van der Waals surface area contributed by atoms with E-state index in [2.05, 4.69) is 15.3 Å². The van der Waals surface area contributed by atoms with Crippen molar-refractivity contribution in [1.82, 2.24) is 14.4 Å². The van der Waals surface area contributed by atoms with Crippen molar-refractivity contribution < 1.29 is 9.13 Å². The van der Waals surface area contributed by atoms with Crippen LogP contribution in [0.15, 0.2) is 67.0 Å². The summed E-state index contributed by atoms with van der Waals surface area (Å²) >= 11 is 0. The normalized spacial score (nSPS) is 10.8. The van der Waals surface area contributed by atoms with E-state index in [0.29, 0.717) is 5.69 Å². The highest BCUT2D eigenvalue weighted by molar-refractivity contribution is 5.78. The zero-order valence-corrected chi connectivity index (χ0v) is 13.5. The Kier molecular flexibility index (Phi) is 3.78. The third-order valence-electron chi connectivity index (χ3n) is 3.85. The van der Waals surface area contributed by atoms with E-state index in [9.17, 15) is 4.39 Å². The Morgan fingerprint density at radius 2 is 1.92 bits per heavy atom. The van der Waals surface area contributed by atoms with Gasteiger partial charge < -0.3 is 10.1 Å². The molecular formula is C19H15FN4O. The lowest BCUT2D eigenvalue weighted by atomic mass is 10.2. The zero-order valence-electron chi connectivity index (χ0n) is 13.5. The molecule has 3 heterocycles. The van der Waals surface area contributed by atoms with Crippen molar-refractivity contribution in [3.8, 4) is 17.1 Å². The summed E-state index contributed by atoms with van der Waals surface area (Å²) in [6, 6.07) is 15.6. The maximum atomic E-state index is 13.2. The van der Waals surface area contributed by atoms with E-state index in [0.717, 1.165) is 28.6 Å². The van der Waals surface area contributed by atoms with Crippen LogP contribution < -0.4 is 10.1 Å². The monoisotopic (exact) mass is 334 g/mol. The first-order valence-electron chi connectivity index (χ1n) is 7.75. The molecule has 1 N–H and O–H groups in total. The summed E-state index contributed by atoms with van der Waals surface area (Å²) in [6.45, 7) is 0. The van der Waals surface area contributed by atoms with Crippen LogP contribution in [0.1, 0.15) is 0 Å². The molecule has 0 unspecified atom stereocenters. The Morgan fingerprint density at radius 3 is 2.64 bits per heavy atom. The Labute approximate surface area is 143 Å². The molecule has 124 valence electrons. The number of pyridine rings is 2. The van der Waals surface area contributed by atoms with Gasteiger partial charge in [0.05, 0.1) is 12.8 Å². The van der Waals surface area contributed by atoms with E-state index in [1.54, 1.807) is 25.4 Å². The van der Waals surface area contributed by atoms with Crippen LogP contribution in [0, 0.1) is 5.82 Å². The van der Waals surface area contributed by atoms with Gasteiger partial charge >= 0.3 is 0 Å². The predicted octanol–water partition coefficient (Wildman–Crippen LogP) is 4.29. The minimum absolute atomic E-state index is 0.279. The van der Waals surface area contributed by atoms with Crippen LogP contribution >= 0.6 is 0 Å². The van der Waals surface area contributed by atoms with Crippen LogP contribution in [0.2, 0.25) is 0 Å². The lowest BCUT2D eigenvalue weighted by molar-refractivity contribution is 0.414. The second-order valence-electron chi connectivity index (χ2n) is 5.45. The number of imidazole rings is 1. The first kappa shape index (κ1) is 15.1. The molecule has 0 aliphatic heterocycles. The van der Waals surface area contributed by atoms with E-state index >= 15 is 0 Å². The Hall–Kier alpha value is -3.41. The molecule has 0 fully saturated rings. The summed E-state index contributed by atoms with van der Waals surface area (Å²) in [6.07, 6.45) is 3.60. The van der Waals surface area contributed by atoms with E-state index in [1.165, 1.54) is 12.1 Å². The average molecular weight is 334 g/mol. The molecule has 0 atom stereocenters. The Morgan fingerprint density at radius 1 is 1.08 bits per heavy atom. The average Bonchev–Trinajstić information content (AvgIpc) is 3.02. The standard InChI is InChI=1S/C19H15FN4O/c1-25-15-9-11-24-17(12-15)23-18(16-4-2-3-10-21-16)19(24)22-14-7-5-13(20)6-8-14/h2-12,22H,1H3. The number of methoxy groups -OCH3 is 1. The van der Waals surface area contributed by atoms with Crippen LogP contribution in [0.4, 0.5) is 15.9 Å². The number of nitrogens with zero attached hydrogens (tertiary/aromatic N) is 3. The van der Waals surface area contributed by atoms with Crippen LogP contribution in [0.25, 0.3) is 17.0 Å². The molecule has 4 aromatic rings. The largest absolute Gasteiger partial charge is 0.497 e. The number of hydrogen-bond donors (Lipinski definition) is 1. The molecule has 0 saturated carbocycles. The number of nitrogens with one attached hydrogen (secondary N) is 1. The van der Waals surface area contributed by atoms with E-state index in [1.807, 2.05) is 40.9 Å². The summed E-state index contributed by atoms with van der Waals surface area (Å²) in [7, 11) is 1.62. The summed E-state index contributed by atoms with van der Waals surface area (Å²) in [5.74, 6) is 1.19. The molecule has 0 radical (unpaired) electrons. The molecule has 1 aromatic carbocycles. The van der Waals surface area contributed by atoms with Gasteiger partial charge in [0.2, 0.25) is 0 Å². The van der Waals surface area contributed by atoms with Gasteiger partial charge in [0.15, 0.2) is 0 Å². The third-order valence-corrected chi connectivity index (χ3v) is 3.85. The molecule has 25 heavy (non-hydrogen) atoms. The summed E-state index contributed by atoms with van der Waals surface area (Å²) in [4.78, 5) is 9.09. The van der Waals surface area contributed by atoms with Gasteiger partial charge in [-0.05, 0) is 42.5 Å². The Bertz CT molecular complexity index is 1010. The fraction of sp³-hybridized carbons (Fsp3) is 0.0526. The van der Waals surface area contributed by atoms with E-state index < -0.39 is 0 Å². The number of anilines is 2. The maximum Gasteiger partial charge on any atom is 0.144 e. The predicted molar refractivity (Wildman–Crippen MR) is 94.7 cm³/mol. The van der Waals surface area contributed by atoms with Crippen molar-refractivity contribution in [2.75, 3.05) is 12.4 Å². The lowest BCUT2D eigenvalue weighted by Crippen LogP contribution is -1.97. The van der Waals surface area contributed by atoms with Gasteiger partial charge in [-0.2, -0.15) is 0 Å². The Balaban J connectivity index is 1.88. The van der Waals surface area contributed by atoms with Crippen LogP contribution in [0.3, 0.4) is 0 Å². The molecule has 6 heteroatoms. The SMILES string of the molecule is COc1ccn2c(Nc3ccc(F)cc3)c(-c3ccccn3)nc2c1. The highest BCUT2D eigenvalue weighted by Crippen LogP contribution is 2.31. The summed E-state index contributed by atoms with van der Waals surface area (Å²) in [5, 5.41) is 3.31. The number of fused-ring (bicyclic) bond motifs is 1. The molecule has 0 spiro atoms. The quantitative estimate of drug-likeness (QED) is 0.605. The number of halogens is 1. The number of ether oxygens (including phenoxy) is 1. The highest BCUT2D eigenvalue weighted by Gasteiger charge is 2.16. The highest BCUT2D eigenvalue weighted by atomic mass is 19.1. The van der Waals surface area contributed by atoms with Crippen LogP contribution in [-0.2, 0) is 0 Å². The molecule has 0 bridgehead atoms. The number of benzene rings is 1. The molecule has 0 saturated heterocycles. The second kappa shape index (κ2) is 6.24. The molecule has 0 aliphatic rings. The van der Waals surface area contributed by atoms with Crippen molar-refractivity contribution in [1.29, 1.82) is 0 Å². The van der Waals surface area contributed by atoms with Gasteiger partial charge in [0.1, 0.15) is 28.7 Å². The van der Waals surface area contributed by atoms with Crippen molar-refractivity contribution >= 4 is 17.2 Å². The first-order valence-corrected chi connectivity index (χ1v) is 7.75. The van der Waals surface area contributed by atoms with Crippen molar-refractivity contribution in [2.24, 2.45) is 0 Å². The smallest absolute Gasteiger partial charge is 0.144 e. The maximum absolute atomic E-state index is 13.2. The zero-order chi connectivity index (χ0) is 17.2. The topological polar surface area (TPSA) is 51.5 Å². The summed E-state index contributed by atoms with van der Waals surface area (Å²) < 4.78 is 20.4. The van der Waals surface area contributed by atoms with E-state index in [4.69, 9.17) is 4.74 Å². The second-order valence-corrected chi connectivity index (χ2v) is 5.45. The summed E-state index contributed by atoms with van der Waals surface area (Å²) in [5.41, 5.74) is 2.94. The lowest BCUT2D eigenvalue weighted by Gasteiger charge is -2.09. The van der Waals surface area contributed by atoms with Crippen LogP contribution in [0.5, 0.6) is 5.75 Å². The number of hydrogen-bond acceptors (Lipinski definition) is 4. The minimum atomic E-state index is -0.279. The fourth-order valence-electron chi connectivity index (χ4n) is 2.62. The van der Waals surface area contributed by atoms with Gasteiger partial charge in [-0.15, -0.1) is 0 Å². The van der Waals surface area contributed by atoms with Crippen molar-refractivity contribution in [3.63, 3.8) is 0 Å². The molecular weight excluding hydrogens is 319 g/mol. The van der Waals surface area contributed by atoms with Gasteiger partial charge in [0.25, 0.3) is 0 Å². The molecule has 3 aromatic heterocycles. The third kappa shape index (κ3) is 2.89. The van der Waals surface area contributed by atoms with Crippen molar-refractivity contribution in [3.05, 3.63) is 72.8 Å². The molecule has 0 aliphatic carbocycles. The van der Waals surface area contributed by atoms with Crippen molar-refractivity contribution in [2.45, 2.75) is 0 Å².